The smallest absolute Gasteiger partial charge is 0.152 e. The van der Waals surface area contributed by atoms with Gasteiger partial charge in [-0.2, -0.15) is 4.91 Å². The van der Waals surface area contributed by atoms with Gasteiger partial charge >= 0.3 is 0 Å². The largest absolute Gasteiger partial charge is 0.483 e. The standard InChI is InChI=1S/C6H9IN2O2/c7-4-8-6-3-5(9-10)1-2-11-6/h1-2,5-6,8H,3-4H2. The van der Waals surface area contributed by atoms with Gasteiger partial charge in [0.1, 0.15) is 6.04 Å². The summed E-state index contributed by atoms with van der Waals surface area (Å²) in [4.78, 5) is 10.1. The molecular formula is C6H9IN2O2. The molecule has 1 aliphatic rings. The fourth-order valence-electron chi connectivity index (χ4n) is 0.880. The molecule has 5 heteroatoms. The monoisotopic (exact) mass is 268 g/mol. The first-order chi connectivity index (χ1) is 5.36. The first-order valence-electron chi connectivity index (χ1n) is 3.30. The second kappa shape index (κ2) is 4.66. The van der Waals surface area contributed by atoms with E-state index in [1.54, 1.807) is 6.08 Å². The predicted octanol–water partition coefficient (Wildman–Crippen LogP) is 1.36. The van der Waals surface area contributed by atoms with Crippen LogP contribution in [0.15, 0.2) is 17.5 Å². The van der Waals surface area contributed by atoms with Crippen molar-refractivity contribution < 1.29 is 4.74 Å². The maximum absolute atomic E-state index is 10.1. The molecule has 0 aromatic heterocycles. The molecule has 4 nitrogen and oxygen atoms in total. The molecule has 1 aliphatic heterocycles. The van der Waals surface area contributed by atoms with Gasteiger partial charge in [0.25, 0.3) is 0 Å². The van der Waals surface area contributed by atoms with Crippen LogP contribution in [0.25, 0.3) is 0 Å². The number of nitrogens with one attached hydrogen (secondary N) is 1. The van der Waals surface area contributed by atoms with Crippen molar-refractivity contribution in [2.75, 3.05) is 4.55 Å². The fraction of sp³-hybridized carbons (Fsp3) is 0.667. The van der Waals surface area contributed by atoms with Gasteiger partial charge in [-0.1, -0.05) is 27.8 Å². The Morgan fingerprint density at radius 3 is 3.27 bits per heavy atom. The van der Waals surface area contributed by atoms with Crippen LogP contribution in [-0.2, 0) is 4.74 Å². The van der Waals surface area contributed by atoms with Crippen LogP contribution in [0.2, 0.25) is 0 Å². The first-order valence-corrected chi connectivity index (χ1v) is 4.83. The van der Waals surface area contributed by atoms with Crippen molar-refractivity contribution >= 4 is 22.6 Å². The number of halogens is 1. The molecule has 0 saturated carbocycles. The van der Waals surface area contributed by atoms with Gasteiger partial charge < -0.3 is 4.74 Å². The van der Waals surface area contributed by atoms with Gasteiger partial charge in [-0.3, -0.25) is 5.32 Å². The lowest BCUT2D eigenvalue weighted by Gasteiger charge is -2.21. The number of nitrogens with zero attached hydrogens (tertiary/aromatic N) is 1. The van der Waals surface area contributed by atoms with E-state index in [9.17, 15) is 4.91 Å². The molecule has 0 aromatic rings. The fourth-order valence-corrected chi connectivity index (χ4v) is 1.37. The highest BCUT2D eigenvalue weighted by molar-refractivity contribution is 14.1. The zero-order chi connectivity index (χ0) is 8.10. The molecule has 0 fully saturated rings. The maximum atomic E-state index is 10.1. The van der Waals surface area contributed by atoms with Crippen molar-refractivity contribution in [2.24, 2.45) is 5.18 Å². The Hall–Kier alpha value is -0.170. The molecule has 1 rings (SSSR count). The highest BCUT2D eigenvalue weighted by Crippen LogP contribution is 2.11. The Balaban J connectivity index is 2.37. The van der Waals surface area contributed by atoms with Crippen molar-refractivity contribution in [2.45, 2.75) is 18.7 Å². The van der Waals surface area contributed by atoms with Crippen LogP contribution in [0.4, 0.5) is 0 Å². The number of alkyl halides is 1. The highest BCUT2D eigenvalue weighted by atomic mass is 127. The number of rotatable bonds is 3. The van der Waals surface area contributed by atoms with E-state index in [1.165, 1.54) is 6.26 Å². The number of ether oxygens (including phenoxy) is 1. The number of hydrogen-bond donors (Lipinski definition) is 1. The summed E-state index contributed by atoms with van der Waals surface area (Å²) in [5.74, 6) is 0. The van der Waals surface area contributed by atoms with Crippen molar-refractivity contribution in [3.63, 3.8) is 0 Å². The van der Waals surface area contributed by atoms with Crippen LogP contribution in [0.5, 0.6) is 0 Å². The van der Waals surface area contributed by atoms with E-state index in [1.807, 2.05) is 0 Å². The molecule has 0 aromatic carbocycles. The zero-order valence-electron chi connectivity index (χ0n) is 5.87. The van der Waals surface area contributed by atoms with Crippen LogP contribution in [-0.4, -0.2) is 16.8 Å². The minimum absolute atomic E-state index is 0.0559. The lowest BCUT2D eigenvalue weighted by molar-refractivity contribution is 0.0938. The van der Waals surface area contributed by atoms with Crippen molar-refractivity contribution in [1.82, 2.24) is 5.32 Å². The Morgan fingerprint density at radius 1 is 1.82 bits per heavy atom. The summed E-state index contributed by atoms with van der Waals surface area (Å²) in [6.45, 7) is 0. The van der Waals surface area contributed by atoms with Gasteiger partial charge in [0.2, 0.25) is 0 Å². The third kappa shape index (κ3) is 2.74. The second-order valence-electron chi connectivity index (χ2n) is 2.20. The molecule has 0 saturated heterocycles. The normalized spacial score (nSPS) is 29.5. The molecule has 1 heterocycles. The first kappa shape index (κ1) is 8.92. The minimum Gasteiger partial charge on any atom is -0.483 e. The van der Waals surface area contributed by atoms with Gasteiger partial charge in [-0.15, -0.1) is 0 Å². The molecule has 11 heavy (non-hydrogen) atoms. The molecule has 0 radical (unpaired) electrons. The SMILES string of the molecule is O=NC1C=COC(NCI)C1. The van der Waals surface area contributed by atoms with Crippen molar-refractivity contribution in [3.8, 4) is 0 Å². The molecule has 0 amide bonds. The summed E-state index contributed by atoms with van der Waals surface area (Å²) in [5.41, 5.74) is 0. The van der Waals surface area contributed by atoms with E-state index in [2.05, 4.69) is 33.1 Å². The summed E-state index contributed by atoms with van der Waals surface area (Å²) in [5, 5.41) is 5.98. The molecule has 62 valence electrons. The van der Waals surface area contributed by atoms with Crippen LogP contribution < -0.4 is 5.32 Å². The molecular weight excluding hydrogens is 259 g/mol. The third-order valence-electron chi connectivity index (χ3n) is 1.44. The summed E-state index contributed by atoms with van der Waals surface area (Å²) in [7, 11) is 0. The van der Waals surface area contributed by atoms with Gasteiger partial charge in [-0.05, 0) is 6.08 Å². The second-order valence-corrected chi connectivity index (χ2v) is 2.96. The van der Waals surface area contributed by atoms with Gasteiger partial charge in [-0.25, -0.2) is 0 Å². The maximum Gasteiger partial charge on any atom is 0.152 e. The van der Waals surface area contributed by atoms with Gasteiger partial charge in [0, 0.05) is 6.42 Å². The summed E-state index contributed by atoms with van der Waals surface area (Å²) < 4.78 is 5.96. The van der Waals surface area contributed by atoms with Crippen molar-refractivity contribution in [1.29, 1.82) is 0 Å². The minimum atomic E-state index is -0.232. The van der Waals surface area contributed by atoms with E-state index in [0.717, 1.165) is 4.55 Å². The third-order valence-corrected chi connectivity index (χ3v) is 1.88. The Morgan fingerprint density at radius 2 is 2.64 bits per heavy atom. The summed E-state index contributed by atoms with van der Waals surface area (Å²) in [6, 6.07) is -0.232. The van der Waals surface area contributed by atoms with E-state index >= 15 is 0 Å². The highest BCUT2D eigenvalue weighted by Gasteiger charge is 2.18. The summed E-state index contributed by atoms with van der Waals surface area (Å²) >= 11 is 2.18. The van der Waals surface area contributed by atoms with E-state index < -0.39 is 0 Å². The predicted molar refractivity (Wildman–Crippen MR) is 50.2 cm³/mol. The molecule has 0 aliphatic carbocycles. The van der Waals surface area contributed by atoms with Crippen LogP contribution in [0.3, 0.4) is 0 Å². The summed E-state index contributed by atoms with van der Waals surface area (Å²) in [6.07, 6.45) is 3.76. The molecule has 1 N–H and O–H groups in total. The van der Waals surface area contributed by atoms with E-state index in [-0.39, 0.29) is 12.3 Å². The average molecular weight is 268 g/mol. The lowest BCUT2D eigenvalue weighted by atomic mass is 10.2. The molecule has 2 atom stereocenters. The van der Waals surface area contributed by atoms with Crippen LogP contribution >= 0.6 is 22.6 Å². The Bertz CT molecular complexity index is 163. The molecule has 0 spiro atoms. The van der Waals surface area contributed by atoms with E-state index in [0.29, 0.717) is 6.42 Å². The zero-order valence-corrected chi connectivity index (χ0v) is 8.02. The molecule has 2 unspecified atom stereocenters. The van der Waals surface area contributed by atoms with Crippen molar-refractivity contribution in [3.05, 3.63) is 17.2 Å². The van der Waals surface area contributed by atoms with E-state index in [4.69, 9.17) is 4.74 Å². The van der Waals surface area contributed by atoms with Crippen LogP contribution in [0, 0.1) is 4.91 Å². The van der Waals surface area contributed by atoms with Gasteiger partial charge in [0.15, 0.2) is 6.23 Å². The quantitative estimate of drug-likeness (QED) is 0.364. The van der Waals surface area contributed by atoms with Gasteiger partial charge in [0.05, 0.1) is 10.8 Å². The Labute approximate surface area is 78.5 Å². The number of hydrogen-bond acceptors (Lipinski definition) is 4. The Kier molecular flexibility index (Phi) is 3.78. The topological polar surface area (TPSA) is 50.7 Å². The lowest BCUT2D eigenvalue weighted by Crippen LogP contribution is -2.34. The average Bonchev–Trinajstić information content (AvgIpc) is 2.06. The molecule has 0 bridgehead atoms. The van der Waals surface area contributed by atoms with Crippen LogP contribution in [0.1, 0.15) is 6.42 Å². The number of nitroso groups, excluding NO2 is 1.